The molecule has 2 heterocycles. The van der Waals surface area contributed by atoms with Crippen LogP contribution < -0.4 is 4.74 Å². The predicted molar refractivity (Wildman–Crippen MR) is 90.6 cm³/mol. The SMILES string of the molecule is CC(C)(C)OC(=O)N1CCC[C@H](c2nc(Oc3cccc(F)c3)no2)C1. The van der Waals surface area contributed by atoms with Crippen molar-refractivity contribution in [2.24, 2.45) is 0 Å². The second-order valence-corrected chi connectivity index (χ2v) is 7.24. The van der Waals surface area contributed by atoms with E-state index in [1.807, 2.05) is 20.8 Å². The maximum atomic E-state index is 13.2. The molecule has 1 aliphatic rings. The Morgan fingerprint density at radius 1 is 1.38 bits per heavy atom. The molecule has 140 valence electrons. The van der Waals surface area contributed by atoms with Crippen LogP contribution in [0.4, 0.5) is 9.18 Å². The van der Waals surface area contributed by atoms with Crippen LogP contribution >= 0.6 is 0 Å². The van der Waals surface area contributed by atoms with Crippen molar-refractivity contribution >= 4 is 6.09 Å². The summed E-state index contributed by atoms with van der Waals surface area (Å²) in [6.45, 7) is 6.57. The van der Waals surface area contributed by atoms with E-state index in [1.54, 1.807) is 11.0 Å². The number of likely N-dealkylation sites (tertiary alicyclic amines) is 1. The van der Waals surface area contributed by atoms with Crippen molar-refractivity contribution in [1.82, 2.24) is 15.0 Å². The maximum Gasteiger partial charge on any atom is 0.410 e. The number of hydrogen-bond donors (Lipinski definition) is 0. The van der Waals surface area contributed by atoms with Gasteiger partial charge in [-0.15, -0.1) is 0 Å². The van der Waals surface area contributed by atoms with Gasteiger partial charge in [0.1, 0.15) is 17.2 Å². The van der Waals surface area contributed by atoms with Crippen molar-refractivity contribution in [1.29, 1.82) is 0 Å². The summed E-state index contributed by atoms with van der Waals surface area (Å²) in [7, 11) is 0. The fourth-order valence-corrected chi connectivity index (χ4v) is 2.74. The van der Waals surface area contributed by atoms with Gasteiger partial charge < -0.3 is 18.9 Å². The molecule has 1 atom stereocenters. The summed E-state index contributed by atoms with van der Waals surface area (Å²) >= 11 is 0. The van der Waals surface area contributed by atoms with E-state index in [2.05, 4.69) is 10.1 Å². The number of amides is 1. The minimum Gasteiger partial charge on any atom is -0.444 e. The minimum atomic E-state index is -0.541. The molecular formula is C18H22FN3O4. The van der Waals surface area contributed by atoms with Crippen LogP contribution in [0.15, 0.2) is 28.8 Å². The first kappa shape index (κ1) is 18.2. The largest absolute Gasteiger partial charge is 0.444 e. The molecule has 0 bridgehead atoms. The molecule has 0 N–H and O–H groups in total. The Labute approximate surface area is 151 Å². The number of carbonyl (C=O) groups excluding carboxylic acids is 1. The molecule has 3 rings (SSSR count). The van der Waals surface area contributed by atoms with Gasteiger partial charge in [0.25, 0.3) is 0 Å². The van der Waals surface area contributed by atoms with E-state index in [9.17, 15) is 9.18 Å². The van der Waals surface area contributed by atoms with Crippen molar-refractivity contribution < 1.29 is 23.2 Å². The third-order valence-electron chi connectivity index (χ3n) is 3.85. The first-order chi connectivity index (χ1) is 12.3. The lowest BCUT2D eigenvalue weighted by Crippen LogP contribution is -2.42. The first-order valence-corrected chi connectivity index (χ1v) is 8.55. The highest BCUT2D eigenvalue weighted by Crippen LogP contribution is 2.29. The van der Waals surface area contributed by atoms with Crippen LogP contribution in [0.5, 0.6) is 11.8 Å². The van der Waals surface area contributed by atoms with Crippen molar-refractivity contribution in [2.75, 3.05) is 13.1 Å². The Morgan fingerprint density at radius 3 is 2.92 bits per heavy atom. The second kappa shape index (κ2) is 7.31. The Morgan fingerprint density at radius 2 is 2.19 bits per heavy atom. The third kappa shape index (κ3) is 4.71. The van der Waals surface area contributed by atoms with Gasteiger partial charge in [0.15, 0.2) is 0 Å². The van der Waals surface area contributed by atoms with Gasteiger partial charge in [-0.3, -0.25) is 0 Å². The topological polar surface area (TPSA) is 77.7 Å². The summed E-state index contributed by atoms with van der Waals surface area (Å²) in [6, 6.07) is 5.71. The molecule has 7 nitrogen and oxygen atoms in total. The summed E-state index contributed by atoms with van der Waals surface area (Å²) < 4.78 is 29.3. The molecule has 0 unspecified atom stereocenters. The van der Waals surface area contributed by atoms with Gasteiger partial charge in [-0.2, -0.15) is 4.98 Å². The smallest absolute Gasteiger partial charge is 0.410 e. The quantitative estimate of drug-likeness (QED) is 0.816. The highest BCUT2D eigenvalue weighted by Gasteiger charge is 2.31. The van der Waals surface area contributed by atoms with Crippen molar-refractivity contribution in [3.8, 4) is 11.8 Å². The summed E-state index contributed by atoms with van der Waals surface area (Å²) in [5.74, 6) is 0.182. The minimum absolute atomic E-state index is 0.0139. The van der Waals surface area contributed by atoms with Crippen molar-refractivity contribution in [3.05, 3.63) is 36.0 Å². The van der Waals surface area contributed by atoms with E-state index in [-0.39, 0.29) is 23.8 Å². The number of hydrogen-bond acceptors (Lipinski definition) is 6. The zero-order valence-electron chi connectivity index (χ0n) is 15.1. The van der Waals surface area contributed by atoms with Crippen LogP contribution in [0.1, 0.15) is 45.4 Å². The van der Waals surface area contributed by atoms with E-state index in [4.69, 9.17) is 14.0 Å². The molecule has 0 spiro atoms. The van der Waals surface area contributed by atoms with Gasteiger partial charge in [-0.05, 0) is 50.9 Å². The van der Waals surface area contributed by atoms with Crippen LogP contribution in [0.2, 0.25) is 0 Å². The molecule has 1 aliphatic heterocycles. The van der Waals surface area contributed by atoms with Crippen molar-refractivity contribution in [3.63, 3.8) is 0 Å². The van der Waals surface area contributed by atoms with E-state index in [1.165, 1.54) is 18.2 Å². The molecule has 2 aromatic rings. The average Bonchev–Trinajstić information content (AvgIpc) is 3.02. The lowest BCUT2D eigenvalue weighted by Gasteiger charge is -2.32. The highest BCUT2D eigenvalue weighted by atomic mass is 19.1. The number of benzene rings is 1. The van der Waals surface area contributed by atoms with Gasteiger partial charge in [0, 0.05) is 19.2 Å². The predicted octanol–water partition coefficient (Wildman–Crippen LogP) is 4.12. The molecule has 1 amide bonds. The van der Waals surface area contributed by atoms with Crippen LogP contribution in [-0.2, 0) is 4.74 Å². The normalized spacial score (nSPS) is 17.8. The lowest BCUT2D eigenvalue weighted by atomic mass is 9.98. The number of piperidine rings is 1. The van der Waals surface area contributed by atoms with Crippen LogP contribution in [-0.4, -0.2) is 39.8 Å². The monoisotopic (exact) mass is 363 g/mol. The van der Waals surface area contributed by atoms with E-state index >= 15 is 0 Å². The Bertz CT molecular complexity index is 772. The molecule has 8 heteroatoms. The molecule has 26 heavy (non-hydrogen) atoms. The molecule has 1 saturated heterocycles. The lowest BCUT2D eigenvalue weighted by molar-refractivity contribution is 0.0189. The van der Waals surface area contributed by atoms with E-state index < -0.39 is 11.4 Å². The van der Waals surface area contributed by atoms with Crippen LogP contribution in [0.3, 0.4) is 0 Å². The molecule has 1 aromatic carbocycles. The Balaban J connectivity index is 1.64. The van der Waals surface area contributed by atoms with Gasteiger partial charge in [-0.1, -0.05) is 6.07 Å². The highest BCUT2D eigenvalue weighted by molar-refractivity contribution is 5.68. The number of rotatable bonds is 3. The summed E-state index contributed by atoms with van der Waals surface area (Å²) in [5, 5.41) is 3.78. The first-order valence-electron chi connectivity index (χ1n) is 8.55. The van der Waals surface area contributed by atoms with Gasteiger partial charge in [0.2, 0.25) is 5.89 Å². The van der Waals surface area contributed by atoms with Gasteiger partial charge >= 0.3 is 12.1 Å². The number of aromatic nitrogens is 2. The molecule has 0 radical (unpaired) electrons. The molecule has 0 aliphatic carbocycles. The standard InChI is InChI=1S/C18H22FN3O4/c1-18(2,3)25-17(23)22-9-5-6-12(11-22)15-20-16(21-26-15)24-14-8-4-7-13(19)10-14/h4,7-8,10,12H,5-6,9,11H2,1-3H3/t12-/m0/s1. The maximum absolute atomic E-state index is 13.2. The number of nitrogens with zero attached hydrogens (tertiary/aromatic N) is 3. The average molecular weight is 363 g/mol. The zero-order valence-corrected chi connectivity index (χ0v) is 15.1. The fraction of sp³-hybridized carbons (Fsp3) is 0.500. The summed E-state index contributed by atoms with van der Waals surface area (Å²) in [6.07, 6.45) is 1.28. The van der Waals surface area contributed by atoms with Crippen molar-refractivity contribution in [2.45, 2.75) is 45.1 Å². The molecule has 1 aromatic heterocycles. The van der Waals surface area contributed by atoms with Crippen LogP contribution in [0, 0.1) is 5.82 Å². The fourth-order valence-electron chi connectivity index (χ4n) is 2.74. The number of ether oxygens (including phenoxy) is 2. The number of carbonyl (C=O) groups is 1. The number of halogens is 1. The third-order valence-corrected chi connectivity index (χ3v) is 3.85. The van der Waals surface area contributed by atoms with Gasteiger partial charge in [0.05, 0.1) is 5.92 Å². The molecule has 0 saturated carbocycles. The molecule has 1 fully saturated rings. The van der Waals surface area contributed by atoms with Crippen LogP contribution in [0.25, 0.3) is 0 Å². The summed E-state index contributed by atoms with van der Waals surface area (Å²) in [5.41, 5.74) is -0.541. The van der Waals surface area contributed by atoms with Gasteiger partial charge in [-0.25, -0.2) is 9.18 Å². The summed E-state index contributed by atoms with van der Waals surface area (Å²) in [4.78, 5) is 18.1. The Kier molecular flexibility index (Phi) is 5.11. The zero-order chi connectivity index (χ0) is 18.7. The second-order valence-electron chi connectivity index (χ2n) is 7.24. The van der Waals surface area contributed by atoms with E-state index in [0.29, 0.717) is 19.0 Å². The van der Waals surface area contributed by atoms with E-state index in [0.717, 1.165) is 12.8 Å². The Hall–Kier alpha value is -2.64. The molecular weight excluding hydrogens is 341 g/mol.